The van der Waals surface area contributed by atoms with Gasteiger partial charge in [0.15, 0.2) is 13.2 Å². The van der Waals surface area contributed by atoms with Gasteiger partial charge in [-0.1, -0.05) is 54.6 Å². The number of aromatic nitrogens is 1. The molecule has 0 unspecified atom stereocenters. The van der Waals surface area contributed by atoms with Crippen molar-refractivity contribution in [2.45, 2.75) is 6.92 Å². The Morgan fingerprint density at radius 1 is 0.719 bits per heavy atom. The summed E-state index contributed by atoms with van der Waals surface area (Å²) in [5.41, 5.74) is 1.04. The minimum absolute atomic E-state index is 0. The molecule has 5 rings (SSSR count). The fourth-order valence-corrected chi connectivity index (χ4v) is 8.62. The molecule has 3 aromatic carbocycles. The summed E-state index contributed by atoms with van der Waals surface area (Å²) < 4.78 is 11.9. The van der Waals surface area contributed by atoms with Gasteiger partial charge < -0.3 is 38.0 Å². The number of halogens is 1. The standard InChI is InChI=1S/C26H26N2O2P.HI/c1-21-27-25(26(30-21)28-17-19-29-20-18-28)31(22-11-5-2-6-12-22,23-13-7-3-8-14-23)24-15-9-4-10-16-24;/h2-16H,17-20H2,1H3;1H/q+1;/p-1. The van der Waals surface area contributed by atoms with Crippen LogP contribution in [0.2, 0.25) is 0 Å². The third-order valence-electron chi connectivity index (χ3n) is 5.75. The monoisotopic (exact) mass is 556 g/mol. The van der Waals surface area contributed by atoms with Crippen molar-refractivity contribution in [1.29, 1.82) is 0 Å². The van der Waals surface area contributed by atoms with E-state index in [0.717, 1.165) is 24.4 Å². The van der Waals surface area contributed by atoms with Crippen molar-refractivity contribution in [3.63, 3.8) is 0 Å². The summed E-state index contributed by atoms with van der Waals surface area (Å²) in [4.78, 5) is 7.38. The lowest BCUT2D eigenvalue weighted by Crippen LogP contribution is -3.00. The summed E-state index contributed by atoms with van der Waals surface area (Å²) in [6.07, 6.45) is 0. The molecule has 1 aliphatic heterocycles. The van der Waals surface area contributed by atoms with E-state index in [2.05, 4.69) is 95.9 Å². The fraction of sp³-hybridized carbons (Fsp3) is 0.192. The van der Waals surface area contributed by atoms with Crippen molar-refractivity contribution in [3.8, 4) is 0 Å². The van der Waals surface area contributed by atoms with E-state index in [1.807, 2.05) is 6.92 Å². The molecule has 6 heteroatoms. The van der Waals surface area contributed by atoms with E-state index in [9.17, 15) is 0 Å². The largest absolute Gasteiger partial charge is 1.00 e. The second-order valence-corrected chi connectivity index (χ2v) is 11.0. The van der Waals surface area contributed by atoms with Gasteiger partial charge in [0.2, 0.25) is 0 Å². The van der Waals surface area contributed by atoms with E-state index in [0.29, 0.717) is 19.1 Å². The van der Waals surface area contributed by atoms with E-state index in [-0.39, 0.29) is 24.0 Å². The van der Waals surface area contributed by atoms with Gasteiger partial charge in [-0.3, -0.25) is 0 Å². The van der Waals surface area contributed by atoms with E-state index in [1.165, 1.54) is 15.9 Å². The van der Waals surface area contributed by atoms with Crippen LogP contribution in [0.3, 0.4) is 0 Å². The Morgan fingerprint density at radius 3 is 1.59 bits per heavy atom. The Labute approximate surface area is 207 Å². The van der Waals surface area contributed by atoms with Gasteiger partial charge in [-0.15, -0.1) is 0 Å². The van der Waals surface area contributed by atoms with Crippen LogP contribution >= 0.6 is 7.26 Å². The van der Waals surface area contributed by atoms with Crippen LogP contribution in [0.5, 0.6) is 0 Å². The molecule has 1 aromatic heterocycles. The number of anilines is 1. The normalized spacial score (nSPS) is 14.1. The van der Waals surface area contributed by atoms with Gasteiger partial charge in [0.05, 0.1) is 13.2 Å². The second-order valence-electron chi connectivity index (χ2n) is 7.64. The molecule has 1 fully saturated rings. The Bertz CT molecular complexity index is 1030. The van der Waals surface area contributed by atoms with Gasteiger partial charge in [-0.05, 0) is 36.4 Å². The van der Waals surface area contributed by atoms with Crippen LogP contribution in [0.4, 0.5) is 5.88 Å². The number of benzene rings is 3. The summed E-state index contributed by atoms with van der Waals surface area (Å²) in [5.74, 6) is 1.58. The lowest BCUT2D eigenvalue weighted by Gasteiger charge is -2.30. The molecule has 0 saturated carbocycles. The topological polar surface area (TPSA) is 38.5 Å². The maximum absolute atomic E-state index is 6.31. The Morgan fingerprint density at radius 2 is 1.16 bits per heavy atom. The zero-order valence-corrected chi connectivity index (χ0v) is 21.1. The van der Waals surface area contributed by atoms with Crippen LogP contribution in [0.15, 0.2) is 95.4 Å². The molecule has 1 aliphatic rings. The molecule has 32 heavy (non-hydrogen) atoms. The SMILES string of the molecule is Cc1nc([P+](c2ccccc2)(c2ccccc2)c2ccccc2)c(N2CCOCC2)o1.[I-]. The zero-order valence-electron chi connectivity index (χ0n) is 18.0. The predicted octanol–water partition coefficient (Wildman–Crippen LogP) is 0.443. The molecule has 0 bridgehead atoms. The average Bonchev–Trinajstić information content (AvgIpc) is 3.24. The smallest absolute Gasteiger partial charge is 0.261 e. The molecule has 0 aliphatic carbocycles. The number of aryl methyl sites for hydroxylation is 1. The van der Waals surface area contributed by atoms with Crippen molar-refractivity contribution < 1.29 is 33.1 Å². The zero-order chi connectivity index (χ0) is 21.1. The highest BCUT2D eigenvalue weighted by Crippen LogP contribution is 2.55. The van der Waals surface area contributed by atoms with E-state index in [1.54, 1.807) is 0 Å². The summed E-state index contributed by atoms with van der Waals surface area (Å²) in [6.45, 7) is 4.96. The number of oxazole rings is 1. The second kappa shape index (κ2) is 10.2. The van der Waals surface area contributed by atoms with Crippen LogP contribution in [0.25, 0.3) is 0 Å². The maximum atomic E-state index is 6.31. The van der Waals surface area contributed by atoms with Crippen molar-refractivity contribution >= 4 is 34.5 Å². The molecule has 0 N–H and O–H groups in total. The molecule has 2 heterocycles. The molecule has 4 nitrogen and oxygen atoms in total. The summed E-state index contributed by atoms with van der Waals surface area (Å²) >= 11 is 0. The highest BCUT2D eigenvalue weighted by molar-refractivity contribution is 8.01. The minimum atomic E-state index is -2.28. The first-order chi connectivity index (χ1) is 15.3. The van der Waals surface area contributed by atoms with E-state index < -0.39 is 7.26 Å². The Kier molecular flexibility index (Phi) is 7.29. The molecule has 0 spiro atoms. The van der Waals surface area contributed by atoms with E-state index in [4.69, 9.17) is 14.1 Å². The van der Waals surface area contributed by atoms with Crippen LogP contribution in [-0.2, 0) is 4.74 Å². The Balaban J connectivity index is 0.00000245. The Hall–Kier alpha value is -2.21. The van der Waals surface area contributed by atoms with Gasteiger partial charge in [0.1, 0.15) is 15.9 Å². The van der Waals surface area contributed by atoms with Crippen LogP contribution in [0, 0.1) is 6.92 Å². The molecule has 4 aromatic rings. The lowest BCUT2D eigenvalue weighted by atomic mass is 10.4. The molecule has 164 valence electrons. The minimum Gasteiger partial charge on any atom is -1.00 e. The van der Waals surface area contributed by atoms with Crippen molar-refractivity contribution in [2.24, 2.45) is 0 Å². The molecular weight excluding hydrogens is 530 g/mol. The number of hydrogen-bond acceptors (Lipinski definition) is 4. The quantitative estimate of drug-likeness (QED) is 0.265. The van der Waals surface area contributed by atoms with Crippen molar-refractivity contribution in [3.05, 3.63) is 96.9 Å². The highest BCUT2D eigenvalue weighted by atomic mass is 127. The first-order valence-electron chi connectivity index (χ1n) is 10.7. The van der Waals surface area contributed by atoms with Gasteiger partial charge in [0, 0.05) is 20.0 Å². The van der Waals surface area contributed by atoms with Gasteiger partial charge >= 0.3 is 0 Å². The number of rotatable bonds is 5. The molecule has 0 amide bonds. The van der Waals surface area contributed by atoms with Crippen molar-refractivity contribution in [2.75, 3.05) is 31.2 Å². The van der Waals surface area contributed by atoms with Crippen LogP contribution in [-0.4, -0.2) is 31.3 Å². The fourth-order valence-electron chi connectivity index (χ4n) is 4.37. The van der Waals surface area contributed by atoms with Crippen LogP contribution < -0.4 is 50.2 Å². The number of morpholine rings is 1. The summed E-state index contributed by atoms with van der Waals surface area (Å²) in [7, 11) is -2.28. The first kappa shape index (κ1) is 23.0. The molecular formula is C26H26IN2O2P. The van der Waals surface area contributed by atoms with E-state index >= 15 is 0 Å². The van der Waals surface area contributed by atoms with Gasteiger partial charge in [-0.25, -0.2) is 0 Å². The molecule has 0 radical (unpaired) electrons. The number of ether oxygens (including phenoxy) is 1. The first-order valence-corrected chi connectivity index (χ1v) is 12.5. The third-order valence-corrected chi connectivity index (χ3v) is 9.89. The third kappa shape index (κ3) is 4.09. The number of hydrogen-bond donors (Lipinski definition) is 0. The summed E-state index contributed by atoms with van der Waals surface area (Å²) in [6, 6.07) is 32.4. The number of nitrogens with zero attached hydrogens (tertiary/aromatic N) is 2. The van der Waals surface area contributed by atoms with Crippen molar-refractivity contribution in [1.82, 2.24) is 4.98 Å². The van der Waals surface area contributed by atoms with Gasteiger partial charge in [-0.2, -0.15) is 4.98 Å². The summed E-state index contributed by atoms with van der Waals surface area (Å²) in [5, 5.41) is 3.82. The molecule has 1 saturated heterocycles. The maximum Gasteiger partial charge on any atom is 0.261 e. The van der Waals surface area contributed by atoms with Gasteiger partial charge in [0.25, 0.3) is 11.3 Å². The van der Waals surface area contributed by atoms with Crippen LogP contribution in [0.1, 0.15) is 5.89 Å². The molecule has 0 atom stereocenters. The lowest BCUT2D eigenvalue weighted by molar-refractivity contribution is -0.00000747. The average molecular weight is 556 g/mol. The highest BCUT2D eigenvalue weighted by Gasteiger charge is 2.53. The predicted molar refractivity (Wildman–Crippen MR) is 129 cm³/mol.